The number of aromatic amines is 1. The number of nitrogens with zero attached hydrogens (tertiary/aromatic N) is 3. The second-order valence-corrected chi connectivity index (χ2v) is 5.78. The van der Waals surface area contributed by atoms with Gasteiger partial charge in [0.05, 0.1) is 11.4 Å². The summed E-state index contributed by atoms with van der Waals surface area (Å²) >= 11 is 0. The summed E-state index contributed by atoms with van der Waals surface area (Å²) in [5.74, 6) is 0.274. The van der Waals surface area contributed by atoms with Crippen LogP contribution in [0.25, 0.3) is 0 Å². The molecule has 19 heavy (non-hydrogen) atoms. The molecule has 0 saturated heterocycles. The van der Waals surface area contributed by atoms with E-state index in [1.165, 1.54) is 12.1 Å². The number of benzene rings is 1. The van der Waals surface area contributed by atoms with Gasteiger partial charge in [0, 0.05) is 6.04 Å². The smallest absolute Gasteiger partial charge is 0.240 e. The summed E-state index contributed by atoms with van der Waals surface area (Å²) in [6.07, 6.45) is 0. The van der Waals surface area contributed by atoms with Crippen LogP contribution in [0.5, 0.6) is 0 Å². The third-order valence-electron chi connectivity index (χ3n) is 2.53. The van der Waals surface area contributed by atoms with Crippen LogP contribution in [-0.2, 0) is 16.6 Å². The lowest BCUT2D eigenvalue weighted by molar-refractivity contribution is 0.579. The van der Waals surface area contributed by atoms with Gasteiger partial charge in [-0.3, -0.25) is 0 Å². The molecule has 1 aromatic carbocycles. The summed E-state index contributed by atoms with van der Waals surface area (Å²) in [5.41, 5.74) is 6.58. The largest absolute Gasteiger partial charge is 0.324 e. The first-order valence-electron chi connectivity index (χ1n) is 5.56. The van der Waals surface area contributed by atoms with Crippen molar-refractivity contribution in [3.8, 4) is 0 Å². The fraction of sp³-hybridized carbons (Fsp3) is 0.300. The molecule has 2 rings (SSSR count). The van der Waals surface area contributed by atoms with Crippen LogP contribution in [0.4, 0.5) is 0 Å². The van der Waals surface area contributed by atoms with Crippen molar-refractivity contribution < 1.29 is 8.42 Å². The second kappa shape index (κ2) is 5.43. The molecule has 2 aromatic rings. The molecule has 102 valence electrons. The summed E-state index contributed by atoms with van der Waals surface area (Å²) < 4.78 is 26.3. The zero-order valence-electron chi connectivity index (χ0n) is 10.2. The van der Waals surface area contributed by atoms with E-state index in [-0.39, 0.29) is 23.3 Å². The van der Waals surface area contributed by atoms with Crippen molar-refractivity contribution in [2.45, 2.75) is 24.4 Å². The summed E-state index contributed by atoms with van der Waals surface area (Å²) in [7, 11) is -3.59. The van der Waals surface area contributed by atoms with Crippen LogP contribution >= 0.6 is 0 Å². The van der Waals surface area contributed by atoms with Gasteiger partial charge in [-0.1, -0.05) is 17.3 Å². The van der Waals surface area contributed by atoms with Crippen LogP contribution in [-0.4, -0.2) is 29.0 Å². The second-order valence-electron chi connectivity index (χ2n) is 4.01. The van der Waals surface area contributed by atoms with Gasteiger partial charge < -0.3 is 5.73 Å². The van der Waals surface area contributed by atoms with E-state index in [1.807, 2.05) is 6.92 Å². The Hall–Kier alpha value is -1.84. The minimum Gasteiger partial charge on any atom is -0.324 e. The Bertz CT molecular complexity index is 621. The first-order valence-corrected chi connectivity index (χ1v) is 7.05. The predicted molar refractivity (Wildman–Crippen MR) is 67.2 cm³/mol. The van der Waals surface area contributed by atoms with Gasteiger partial charge in [0.15, 0.2) is 5.82 Å². The number of H-pyrrole nitrogens is 1. The van der Waals surface area contributed by atoms with E-state index in [2.05, 4.69) is 25.3 Å². The molecular weight excluding hydrogens is 268 g/mol. The third-order valence-corrected chi connectivity index (χ3v) is 3.94. The highest BCUT2D eigenvalue weighted by atomic mass is 32.2. The molecule has 4 N–H and O–H groups in total. The number of aromatic nitrogens is 4. The number of hydrogen-bond acceptors (Lipinski definition) is 6. The van der Waals surface area contributed by atoms with Crippen molar-refractivity contribution in [2.75, 3.05) is 0 Å². The Kier molecular flexibility index (Phi) is 3.88. The highest BCUT2D eigenvalue weighted by Crippen LogP contribution is 2.14. The lowest BCUT2D eigenvalue weighted by atomic mass is 10.1. The Balaban J connectivity index is 2.10. The molecule has 0 fully saturated rings. The molecule has 1 heterocycles. The van der Waals surface area contributed by atoms with E-state index in [9.17, 15) is 8.42 Å². The van der Waals surface area contributed by atoms with E-state index in [1.54, 1.807) is 12.1 Å². The molecule has 1 aromatic heterocycles. The van der Waals surface area contributed by atoms with Crippen LogP contribution in [0.3, 0.4) is 0 Å². The molecule has 1 unspecified atom stereocenters. The summed E-state index contributed by atoms with van der Waals surface area (Å²) in [4.78, 5) is 0.167. The number of rotatable bonds is 5. The van der Waals surface area contributed by atoms with Crippen molar-refractivity contribution in [1.82, 2.24) is 25.3 Å². The summed E-state index contributed by atoms with van der Waals surface area (Å²) in [6.45, 7) is 1.81. The molecule has 8 nitrogen and oxygen atoms in total. The van der Waals surface area contributed by atoms with Crippen molar-refractivity contribution >= 4 is 10.0 Å². The van der Waals surface area contributed by atoms with Gasteiger partial charge in [0.2, 0.25) is 10.0 Å². The molecule has 0 radical (unpaired) electrons. The molecular formula is C10H14N6O2S. The SMILES string of the molecule is CC(N)c1ccc(S(=O)(=O)NCc2nn[nH]n2)cc1. The Morgan fingerprint density at radius 1 is 1.37 bits per heavy atom. The summed E-state index contributed by atoms with van der Waals surface area (Å²) in [5, 5.41) is 12.9. The first kappa shape index (κ1) is 13.6. The van der Waals surface area contributed by atoms with Crippen LogP contribution in [0.15, 0.2) is 29.2 Å². The average molecular weight is 282 g/mol. The number of hydrogen-bond donors (Lipinski definition) is 3. The average Bonchev–Trinajstić information content (AvgIpc) is 2.90. The Morgan fingerprint density at radius 3 is 2.58 bits per heavy atom. The highest BCUT2D eigenvalue weighted by molar-refractivity contribution is 7.89. The third kappa shape index (κ3) is 3.34. The molecule has 1 atom stereocenters. The Labute approximate surface area is 110 Å². The van der Waals surface area contributed by atoms with Gasteiger partial charge >= 0.3 is 0 Å². The van der Waals surface area contributed by atoms with Gasteiger partial charge in [0.1, 0.15) is 0 Å². The number of tetrazole rings is 1. The lowest BCUT2D eigenvalue weighted by Gasteiger charge is -2.08. The molecule has 0 spiro atoms. The minimum absolute atomic E-state index is 0.0200. The standard InChI is InChI=1S/C10H14N6O2S/c1-7(11)8-2-4-9(5-3-8)19(17,18)12-6-10-13-15-16-14-10/h2-5,7,12H,6,11H2,1H3,(H,13,14,15,16). The maximum Gasteiger partial charge on any atom is 0.240 e. The van der Waals surface area contributed by atoms with E-state index in [0.717, 1.165) is 5.56 Å². The minimum atomic E-state index is -3.59. The maximum absolute atomic E-state index is 12.0. The van der Waals surface area contributed by atoms with Gasteiger partial charge in [0.25, 0.3) is 0 Å². The van der Waals surface area contributed by atoms with Crippen LogP contribution < -0.4 is 10.5 Å². The molecule has 9 heteroatoms. The van der Waals surface area contributed by atoms with Crippen LogP contribution in [0.1, 0.15) is 24.4 Å². The van der Waals surface area contributed by atoms with Crippen LogP contribution in [0, 0.1) is 0 Å². The zero-order valence-corrected chi connectivity index (χ0v) is 11.1. The monoisotopic (exact) mass is 282 g/mol. The maximum atomic E-state index is 12.0. The quantitative estimate of drug-likeness (QED) is 0.691. The number of nitrogens with one attached hydrogen (secondary N) is 2. The summed E-state index contributed by atoms with van der Waals surface area (Å²) in [6, 6.07) is 6.26. The Morgan fingerprint density at radius 2 is 2.05 bits per heavy atom. The van der Waals surface area contributed by atoms with Gasteiger partial charge in [-0.2, -0.15) is 5.21 Å². The highest BCUT2D eigenvalue weighted by Gasteiger charge is 2.14. The van der Waals surface area contributed by atoms with Gasteiger partial charge in [-0.05, 0) is 24.6 Å². The van der Waals surface area contributed by atoms with Crippen molar-refractivity contribution in [1.29, 1.82) is 0 Å². The van der Waals surface area contributed by atoms with Crippen LogP contribution in [0.2, 0.25) is 0 Å². The number of nitrogens with two attached hydrogens (primary N) is 1. The van der Waals surface area contributed by atoms with Crippen molar-refractivity contribution in [3.63, 3.8) is 0 Å². The van der Waals surface area contributed by atoms with Crippen molar-refractivity contribution in [3.05, 3.63) is 35.7 Å². The molecule has 0 aliphatic rings. The molecule has 0 aliphatic carbocycles. The normalized spacial score (nSPS) is 13.4. The van der Waals surface area contributed by atoms with Crippen molar-refractivity contribution in [2.24, 2.45) is 5.73 Å². The van der Waals surface area contributed by atoms with E-state index in [4.69, 9.17) is 5.73 Å². The number of sulfonamides is 1. The topological polar surface area (TPSA) is 127 Å². The molecule has 0 bridgehead atoms. The lowest BCUT2D eigenvalue weighted by Crippen LogP contribution is -2.24. The fourth-order valence-corrected chi connectivity index (χ4v) is 2.43. The zero-order chi connectivity index (χ0) is 13.9. The first-order chi connectivity index (χ1) is 8.99. The van der Waals surface area contributed by atoms with E-state index in [0.29, 0.717) is 0 Å². The van der Waals surface area contributed by atoms with E-state index < -0.39 is 10.0 Å². The predicted octanol–water partition coefficient (Wildman–Crippen LogP) is -0.302. The van der Waals surface area contributed by atoms with Gasteiger partial charge in [-0.15, -0.1) is 10.2 Å². The molecule has 0 saturated carbocycles. The van der Waals surface area contributed by atoms with Gasteiger partial charge in [-0.25, -0.2) is 13.1 Å². The molecule has 0 amide bonds. The molecule has 0 aliphatic heterocycles. The fourth-order valence-electron chi connectivity index (χ4n) is 1.45. The van der Waals surface area contributed by atoms with E-state index >= 15 is 0 Å².